The first-order valence-electron chi connectivity index (χ1n) is 5.32. The van der Waals surface area contributed by atoms with Gasteiger partial charge in [-0.3, -0.25) is 4.79 Å². The minimum Gasteiger partial charge on any atom is -0.466 e. The lowest BCUT2D eigenvalue weighted by Gasteiger charge is -2.12. The van der Waals surface area contributed by atoms with Gasteiger partial charge in [0.1, 0.15) is 6.10 Å². The Bertz CT molecular complexity index is 372. The molecule has 1 atom stereocenters. The molecule has 0 saturated heterocycles. The minimum atomic E-state index is -0.526. The van der Waals surface area contributed by atoms with Gasteiger partial charge in [0.2, 0.25) is 0 Å². The smallest absolute Gasteiger partial charge is 0.338 e. The highest BCUT2D eigenvalue weighted by atomic mass is 16.6. The molecule has 1 unspecified atom stereocenters. The first kappa shape index (κ1) is 13.2. The van der Waals surface area contributed by atoms with Crippen molar-refractivity contribution >= 4 is 11.9 Å². The van der Waals surface area contributed by atoms with Gasteiger partial charge in [-0.25, -0.2) is 4.79 Å². The monoisotopic (exact) mass is 235 g/mol. The molecular weight excluding hydrogens is 220 g/mol. The van der Waals surface area contributed by atoms with Crippen molar-refractivity contribution in [2.24, 2.45) is 0 Å². The molecule has 1 aromatic carbocycles. The third-order valence-corrected chi connectivity index (χ3v) is 2.03. The van der Waals surface area contributed by atoms with Crippen LogP contribution in [0.1, 0.15) is 23.7 Å². The Morgan fingerprint density at radius 1 is 1.29 bits per heavy atom. The van der Waals surface area contributed by atoms with Gasteiger partial charge in [0.05, 0.1) is 12.2 Å². The van der Waals surface area contributed by atoms with Gasteiger partial charge in [0, 0.05) is 13.3 Å². The van der Waals surface area contributed by atoms with Crippen molar-refractivity contribution in [3.8, 4) is 0 Å². The van der Waals surface area contributed by atoms with Gasteiger partial charge >= 0.3 is 11.9 Å². The predicted molar refractivity (Wildman–Crippen MR) is 62.3 cm³/mol. The zero-order valence-corrected chi connectivity index (χ0v) is 9.72. The number of benzene rings is 1. The Kier molecular flexibility index (Phi) is 5.20. The second kappa shape index (κ2) is 6.68. The quantitative estimate of drug-likeness (QED) is 0.732. The van der Waals surface area contributed by atoms with Crippen LogP contribution >= 0.6 is 0 Å². The Balaban J connectivity index is 2.34. The molecule has 4 heteroatoms. The molecule has 0 fully saturated rings. The molecule has 0 aromatic heterocycles. The summed E-state index contributed by atoms with van der Waals surface area (Å²) in [6, 6.07) is 8.67. The summed E-state index contributed by atoms with van der Waals surface area (Å²) in [5, 5.41) is 0. The molecule has 0 spiro atoms. The van der Waals surface area contributed by atoms with Crippen LogP contribution in [0.4, 0.5) is 0 Å². The fraction of sp³-hybridized carbons (Fsp3) is 0.308. The maximum absolute atomic E-state index is 11.6. The summed E-state index contributed by atoms with van der Waals surface area (Å²) in [4.78, 5) is 22.1. The second-order valence-electron chi connectivity index (χ2n) is 3.52. The molecule has 0 aliphatic rings. The van der Waals surface area contributed by atoms with Gasteiger partial charge in [0.15, 0.2) is 0 Å². The normalized spacial score (nSPS) is 11.6. The van der Waals surface area contributed by atoms with E-state index in [9.17, 15) is 9.59 Å². The lowest BCUT2D eigenvalue weighted by atomic mass is 10.2. The van der Waals surface area contributed by atoms with E-state index in [0.717, 1.165) is 0 Å². The van der Waals surface area contributed by atoms with E-state index in [4.69, 9.17) is 9.47 Å². The van der Waals surface area contributed by atoms with E-state index < -0.39 is 12.1 Å². The van der Waals surface area contributed by atoms with Crippen molar-refractivity contribution in [2.45, 2.75) is 19.4 Å². The number of esters is 2. The number of rotatable bonds is 5. The predicted octanol–water partition coefficient (Wildman–Crippen LogP) is 2.00. The summed E-state index contributed by atoms with van der Waals surface area (Å²) in [5.74, 6) is -0.778. The molecule has 1 radical (unpaired) electrons. The third kappa shape index (κ3) is 5.15. The first-order valence-corrected chi connectivity index (χ1v) is 5.32. The van der Waals surface area contributed by atoms with Crippen molar-refractivity contribution in [1.82, 2.24) is 0 Å². The van der Waals surface area contributed by atoms with Gasteiger partial charge in [-0.05, 0) is 19.1 Å². The highest BCUT2D eigenvalue weighted by molar-refractivity contribution is 5.89. The first-order chi connectivity index (χ1) is 8.09. The van der Waals surface area contributed by atoms with Crippen LogP contribution in [0.5, 0.6) is 0 Å². The maximum Gasteiger partial charge on any atom is 0.338 e. The largest absolute Gasteiger partial charge is 0.466 e. The van der Waals surface area contributed by atoms with Crippen LogP contribution in [0.2, 0.25) is 0 Å². The molecule has 1 rings (SSSR count). The Morgan fingerprint density at radius 2 is 1.94 bits per heavy atom. The lowest BCUT2D eigenvalue weighted by molar-refractivity contribution is -0.141. The van der Waals surface area contributed by atoms with Crippen LogP contribution in [0.15, 0.2) is 30.3 Å². The number of hydrogen-bond donors (Lipinski definition) is 0. The van der Waals surface area contributed by atoms with E-state index in [2.05, 4.69) is 6.92 Å². The standard InChI is InChI=1S/C13H15O4/c1-10(8-9-16-11(2)14)17-13(15)12-6-4-3-5-7-12/h3-7,10H,1,8-9H2,2H3. The van der Waals surface area contributed by atoms with Crippen LogP contribution in [0.25, 0.3) is 0 Å². The Morgan fingerprint density at radius 3 is 2.53 bits per heavy atom. The highest BCUT2D eigenvalue weighted by Gasteiger charge is 2.11. The molecule has 0 amide bonds. The Labute approximate surface area is 101 Å². The van der Waals surface area contributed by atoms with Crippen molar-refractivity contribution in [3.05, 3.63) is 42.8 Å². The van der Waals surface area contributed by atoms with Gasteiger partial charge < -0.3 is 9.47 Å². The van der Waals surface area contributed by atoms with Crippen molar-refractivity contribution < 1.29 is 19.1 Å². The summed E-state index contributed by atoms with van der Waals surface area (Å²) in [6.45, 7) is 5.19. The van der Waals surface area contributed by atoms with Crippen molar-refractivity contribution in [3.63, 3.8) is 0 Å². The Hall–Kier alpha value is -1.84. The van der Waals surface area contributed by atoms with Crippen molar-refractivity contribution in [2.75, 3.05) is 6.61 Å². The van der Waals surface area contributed by atoms with Crippen molar-refractivity contribution in [1.29, 1.82) is 0 Å². The summed E-state index contributed by atoms with van der Waals surface area (Å²) in [5.41, 5.74) is 0.480. The van der Waals surface area contributed by atoms with Crippen LogP contribution in [0.3, 0.4) is 0 Å². The summed E-state index contributed by atoms with van der Waals surface area (Å²) >= 11 is 0. The van der Waals surface area contributed by atoms with E-state index in [1.165, 1.54) is 6.92 Å². The van der Waals surface area contributed by atoms with Gasteiger partial charge in [-0.15, -0.1) is 0 Å². The van der Waals surface area contributed by atoms with Gasteiger partial charge in [-0.1, -0.05) is 18.2 Å². The molecular formula is C13H15O4. The van der Waals surface area contributed by atoms with E-state index >= 15 is 0 Å². The van der Waals surface area contributed by atoms with E-state index in [-0.39, 0.29) is 12.6 Å². The molecule has 0 heterocycles. The summed E-state index contributed by atoms with van der Waals surface area (Å²) in [7, 11) is 0. The third-order valence-electron chi connectivity index (χ3n) is 2.03. The molecule has 0 N–H and O–H groups in total. The summed E-state index contributed by atoms with van der Waals surface area (Å²) < 4.78 is 9.81. The molecule has 91 valence electrons. The summed E-state index contributed by atoms with van der Waals surface area (Å²) in [6.07, 6.45) is -0.139. The zero-order valence-electron chi connectivity index (χ0n) is 9.72. The molecule has 0 bridgehead atoms. The molecule has 0 aliphatic heterocycles. The SMILES string of the molecule is [CH2]C(CCOC(C)=O)OC(=O)c1ccccc1. The topological polar surface area (TPSA) is 52.6 Å². The van der Waals surface area contributed by atoms with Crippen LogP contribution in [-0.2, 0) is 14.3 Å². The van der Waals surface area contributed by atoms with Gasteiger partial charge in [0.25, 0.3) is 0 Å². The number of carbonyl (C=O) groups is 2. The molecule has 0 aliphatic carbocycles. The van der Waals surface area contributed by atoms with Gasteiger partial charge in [-0.2, -0.15) is 0 Å². The highest BCUT2D eigenvalue weighted by Crippen LogP contribution is 2.05. The minimum absolute atomic E-state index is 0.200. The fourth-order valence-electron chi connectivity index (χ4n) is 1.19. The lowest BCUT2D eigenvalue weighted by Crippen LogP contribution is -2.18. The fourth-order valence-corrected chi connectivity index (χ4v) is 1.19. The van der Waals surface area contributed by atoms with Crippen LogP contribution in [-0.4, -0.2) is 24.6 Å². The molecule has 17 heavy (non-hydrogen) atoms. The average Bonchev–Trinajstić information content (AvgIpc) is 2.29. The zero-order chi connectivity index (χ0) is 12.7. The molecule has 1 aromatic rings. The number of ether oxygens (including phenoxy) is 2. The molecule has 0 saturated carbocycles. The molecule has 4 nitrogen and oxygen atoms in total. The van der Waals surface area contributed by atoms with Crippen LogP contribution in [0, 0.1) is 6.92 Å². The van der Waals surface area contributed by atoms with Crippen LogP contribution < -0.4 is 0 Å². The second-order valence-corrected chi connectivity index (χ2v) is 3.52. The van der Waals surface area contributed by atoms with E-state index in [1.54, 1.807) is 24.3 Å². The van der Waals surface area contributed by atoms with E-state index in [0.29, 0.717) is 12.0 Å². The number of carbonyl (C=O) groups excluding carboxylic acids is 2. The van der Waals surface area contributed by atoms with E-state index in [1.807, 2.05) is 6.07 Å². The average molecular weight is 235 g/mol. The maximum atomic E-state index is 11.6. The number of hydrogen-bond acceptors (Lipinski definition) is 4.